The number of carbonyl (C=O) groups excluding carboxylic acids is 4. The van der Waals surface area contributed by atoms with E-state index in [0.29, 0.717) is 32.4 Å². The van der Waals surface area contributed by atoms with Gasteiger partial charge in [0.25, 0.3) is 5.67 Å². The summed E-state index contributed by atoms with van der Waals surface area (Å²) in [4.78, 5) is 57.8. The number of likely N-dealkylation sites (N-methyl/N-ethyl adjacent to an activating group) is 1. The number of esters is 1. The lowest BCUT2D eigenvalue weighted by Crippen LogP contribution is -2.62. The molecule has 4 rings (SSSR count). The van der Waals surface area contributed by atoms with E-state index in [9.17, 15) is 29.4 Å². The molecule has 13 atom stereocenters. The predicted molar refractivity (Wildman–Crippen MR) is 202 cm³/mol. The number of aryl methyl sites for hydroxylation is 1. The number of cyclic esters (lactones) is 1. The first-order chi connectivity index (χ1) is 25.7. The van der Waals surface area contributed by atoms with Crippen molar-refractivity contribution in [1.29, 1.82) is 0 Å². The number of ketones is 2. The number of rotatable bonds is 11. The van der Waals surface area contributed by atoms with Gasteiger partial charge in [0.1, 0.15) is 24.0 Å². The summed E-state index contributed by atoms with van der Waals surface area (Å²) >= 11 is 0. The first-order valence-electron chi connectivity index (χ1n) is 19.5. The molecule has 3 aliphatic heterocycles. The maximum Gasteiger partial charge on any atom is 0.425 e. The summed E-state index contributed by atoms with van der Waals surface area (Å²) in [6.45, 7) is 16.3. The van der Waals surface area contributed by atoms with Crippen molar-refractivity contribution in [3.05, 3.63) is 48.6 Å². The summed E-state index contributed by atoms with van der Waals surface area (Å²) in [6, 6.07) is 8.32. The second kappa shape index (κ2) is 17.9. The minimum atomic E-state index is -3.24. The Morgan fingerprint density at radius 3 is 2.36 bits per heavy atom. The van der Waals surface area contributed by atoms with Gasteiger partial charge in [-0.1, -0.05) is 64.1 Å². The molecule has 13 nitrogen and oxygen atoms in total. The number of aliphatic hydroxyl groups excluding tert-OH is 1. The average molecular weight is 776 g/mol. The molecule has 0 bridgehead atoms. The molecule has 14 heteroatoms. The van der Waals surface area contributed by atoms with Gasteiger partial charge in [0.15, 0.2) is 17.7 Å². The van der Waals surface area contributed by atoms with Crippen LogP contribution in [0.15, 0.2) is 43.0 Å². The molecule has 0 aromatic heterocycles. The number of hydrazine groups is 1. The topological polar surface area (TPSA) is 164 Å². The monoisotopic (exact) mass is 775 g/mol. The first-order valence-corrected chi connectivity index (χ1v) is 19.5. The van der Waals surface area contributed by atoms with Crippen molar-refractivity contribution in [3.8, 4) is 0 Å². The Labute approximate surface area is 324 Å². The van der Waals surface area contributed by atoms with Crippen molar-refractivity contribution in [1.82, 2.24) is 15.3 Å². The number of benzene rings is 1. The highest BCUT2D eigenvalue weighted by molar-refractivity contribution is 6.08. The average Bonchev–Trinajstić information content (AvgIpc) is 3.39. The van der Waals surface area contributed by atoms with Crippen LogP contribution in [0.4, 0.5) is 9.18 Å². The van der Waals surface area contributed by atoms with E-state index in [1.165, 1.54) is 18.9 Å². The third-order valence-corrected chi connectivity index (χ3v) is 11.7. The standard InChI is InChI=1S/C41H62FN3O10/c1-11-21-44(10)29-22-25(4)52-36(32(29)47)54-35-27(6)34(48)40(8,42)37(49)53-30(12-2)41(9)33(26(5)31(46)24(3)23-39(35,7)51)45(38(50)55-41)43-20-16-19-28-17-14-13-15-18-28/h11,13-15,17-18,24-27,29-30,32-33,35-36,43,47,51H,1,12,16,19-23H2,2-10H3/t24-,25-,26+,27+,29+,30-,32-,33?,35-,36?,39-,40+,41-/m1/s1. The van der Waals surface area contributed by atoms with Gasteiger partial charge in [-0.15, -0.1) is 6.58 Å². The molecule has 55 heavy (non-hydrogen) atoms. The van der Waals surface area contributed by atoms with Gasteiger partial charge in [-0.3, -0.25) is 14.5 Å². The maximum absolute atomic E-state index is 16.7. The van der Waals surface area contributed by atoms with Crippen molar-refractivity contribution in [2.24, 2.45) is 17.8 Å². The Kier molecular flexibility index (Phi) is 14.5. The van der Waals surface area contributed by atoms with Crippen molar-refractivity contribution in [2.45, 2.75) is 147 Å². The zero-order valence-corrected chi connectivity index (χ0v) is 33.8. The van der Waals surface area contributed by atoms with Crippen molar-refractivity contribution in [3.63, 3.8) is 0 Å². The number of Topliss-reactive ketones (excluding diaryl/α,β-unsaturated/α-hetero) is 2. The Morgan fingerprint density at radius 1 is 1.09 bits per heavy atom. The van der Waals surface area contributed by atoms with Crippen LogP contribution < -0.4 is 5.43 Å². The number of halogens is 1. The number of amides is 1. The molecule has 3 heterocycles. The summed E-state index contributed by atoms with van der Waals surface area (Å²) < 4.78 is 40.7. The third-order valence-electron chi connectivity index (χ3n) is 11.7. The lowest BCUT2D eigenvalue weighted by Gasteiger charge is -2.46. The van der Waals surface area contributed by atoms with Crippen LogP contribution in [0.1, 0.15) is 86.6 Å². The summed E-state index contributed by atoms with van der Waals surface area (Å²) in [7, 11) is 1.81. The number of hydrogen-bond acceptors (Lipinski definition) is 12. The van der Waals surface area contributed by atoms with Crippen LogP contribution in [0, 0.1) is 17.8 Å². The zero-order chi connectivity index (χ0) is 41.0. The Bertz CT molecular complexity index is 1530. The van der Waals surface area contributed by atoms with Gasteiger partial charge in [0.05, 0.1) is 17.8 Å². The van der Waals surface area contributed by atoms with Gasteiger partial charge in [0.2, 0.25) is 0 Å². The molecule has 2 unspecified atom stereocenters. The van der Waals surface area contributed by atoms with Crippen LogP contribution in [-0.4, -0.2) is 124 Å². The largest absolute Gasteiger partial charge is 0.455 e. The fourth-order valence-corrected chi connectivity index (χ4v) is 8.76. The normalized spacial score (nSPS) is 39.3. The first kappa shape index (κ1) is 44.4. The summed E-state index contributed by atoms with van der Waals surface area (Å²) in [5.74, 6) is -6.43. The molecule has 0 aliphatic carbocycles. The molecular formula is C41H62FN3O10. The number of ether oxygens (including phenoxy) is 4. The van der Waals surface area contributed by atoms with E-state index in [2.05, 4.69) is 12.0 Å². The third kappa shape index (κ3) is 9.48. The summed E-state index contributed by atoms with van der Waals surface area (Å²) in [6.07, 6.45) is -3.35. The van der Waals surface area contributed by atoms with Crippen LogP contribution in [0.5, 0.6) is 0 Å². The Hall–Kier alpha value is -3.27. The number of nitrogens with one attached hydrogen (secondary N) is 1. The van der Waals surface area contributed by atoms with Crippen molar-refractivity contribution in [2.75, 3.05) is 20.1 Å². The van der Waals surface area contributed by atoms with Crippen molar-refractivity contribution >= 4 is 23.6 Å². The van der Waals surface area contributed by atoms with E-state index < -0.39 is 95.3 Å². The second-order valence-electron chi connectivity index (χ2n) is 16.4. The lowest BCUT2D eigenvalue weighted by atomic mass is 9.73. The number of aliphatic hydroxyl groups is 2. The quantitative estimate of drug-likeness (QED) is 0.127. The van der Waals surface area contributed by atoms with Crippen LogP contribution in [0.2, 0.25) is 0 Å². The SMILES string of the molecule is C=CCN(C)[C@H]1C[C@@H](C)OC(O[C@@H]2[C@@H](C)C(=O)[C@](C)(F)C(=O)O[C@H](CC)[C@@]3(C)OC(=O)N(NCCCc4ccccc4)C3[C@@H](C)C(=O)[C@H](C)C[C@@]2(C)O)[C@@H]1O. The Morgan fingerprint density at radius 2 is 1.75 bits per heavy atom. The number of hydrogen-bond donors (Lipinski definition) is 3. The van der Waals surface area contributed by atoms with E-state index in [1.807, 2.05) is 42.3 Å². The molecule has 0 spiro atoms. The molecule has 3 fully saturated rings. The molecule has 3 saturated heterocycles. The van der Waals surface area contributed by atoms with E-state index in [0.717, 1.165) is 12.5 Å². The van der Waals surface area contributed by atoms with Gasteiger partial charge in [-0.05, 0) is 72.4 Å². The molecule has 308 valence electrons. The van der Waals surface area contributed by atoms with E-state index in [-0.39, 0.29) is 18.6 Å². The molecule has 0 saturated carbocycles. The molecule has 1 aromatic carbocycles. The van der Waals surface area contributed by atoms with E-state index in [4.69, 9.17) is 18.9 Å². The maximum atomic E-state index is 16.7. The van der Waals surface area contributed by atoms with Crippen LogP contribution in [-0.2, 0) is 39.8 Å². The molecule has 3 N–H and O–H groups in total. The molecule has 1 aromatic rings. The van der Waals surface area contributed by atoms with Gasteiger partial charge >= 0.3 is 12.1 Å². The molecule has 1 amide bonds. The minimum Gasteiger partial charge on any atom is -0.455 e. The minimum absolute atomic E-state index is 0.0567. The zero-order valence-electron chi connectivity index (χ0n) is 33.8. The van der Waals surface area contributed by atoms with Crippen LogP contribution in [0.3, 0.4) is 0 Å². The highest BCUT2D eigenvalue weighted by Crippen LogP contribution is 2.42. The summed E-state index contributed by atoms with van der Waals surface area (Å²) in [5, 5.41) is 24.9. The highest BCUT2D eigenvalue weighted by atomic mass is 19.1. The Balaban J connectivity index is 1.72. The smallest absolute Gasteiger partial charge is 0.425 e. The molecular weight excluding hydrogens is 713 g/mol. The number of carbonyl (C=O) groups is 4. The van der Waals surface area contributed by atoms with Crippen molar-refractivity contribution < 1.29 is 52.7 Å². The molecule has 3 aliphatic rings. The van der Waals surface area contributed by atoms with E-state index in [1.54, 1.807) is 40.7 Å². The number of nitrogens with zero attached hydrogens (tertiary/aromatic N) is 2. The number of fused-ring (bicyclic) bond motifs is 1. The number of alkyl halides is 1. The predicted octanol–water partition coefficient (Wildman–Crippen LogP) is 4.32. The van der Waals surface area contributed by atoms with Crippen LogP contribution in [0.25, 0.3) is 0 Å². The lowest BCUT2D eigenvalue weighted by molar-refractivity contribution is -0.293. The van der Waals surface area contributed by atoms with Gasteiger partial charge < -0.3 is 29.2 Å². The van der Waals surface area contributed by atoms with Gasteiger partial charge in [0, 0.05) is 36.9 Å². The highest BCUT2D eigenvalue weighted by Gasteiger charge is 2.62. The van der Waals surface area contributed by atoms with E-state index >= 15 is 4.39 Å². The molecule has 0 radical (unpaired) electrons. The summed E-state index contributed by atoms with van der Waals surface area (Å²) in [5.41, 5.74) is -2.65. The van der Waals surface area contributed by atoms with Crippen LogP contribution >= 0.6 is 0 Å². The second-order valence-corrected chi connectivity index (χ2v) is 16.4. The fourth-order valence-electron chi connectivity index (χ4n) is 8.76. The van der Waals surface area contributed by atoms with Gasteiger partial charge in [-0.25, -0.2) is 24.4 Å². The van der Waals surface area contributed by atoms with Gasteiger partial charge in [-0.2, -0.15) is 0 Å². The fraction of sp³-hybridized carbons (Fsp3) is 0.707.